The van der Waals surface area contributed by atoms with Gasteiger partial charge in [0.15, 0.2) is 12.6 Å². The molecule has 0 aromatic rings. The van der Waals surface area contributed by atoms with Gasteiger partial charge in [-0.15, -0.1) is 6.58 Å². The van der Waals surface area contributed by atoms with E-state index in [1.54, 1.807) is 19.9 Å². The molecule has 17 heteroatoms. The highest BCUT2D eigenvalue weighted by atomic mass is 16.7. The molecule has 0 saturated carbocycles. The summed E-state index contributed by atoms with van der Waals surface area (Å²) in [5.41, 5.74) is -2.83. The number of hydrogen-bond donors (Lipinski definition) is 8. The van der Waals surface area contributed by atoms with Gasteiger partial charge in [0.25, 0.3) is 0 Å². The van der Waals surface area contributed by atoms with E-state index in [1.807, 2.05) is 0 Å². The summed E-state index contributed by atoms with van der Waals surface area (Å²) in [5, 5.41) is 81.5. The van der Waals surface area contributed by atoms with Crippen molar-refractivity contribution in [3.05, 3.63) is 24.3 Å². The van der Waals surface area contributed by atoms with Crippen LogP contribution in [-0.2, 0) is 42.8 Å². The minimum atomic E-state index is -1.96. The molecule has 264 valence electrons. The maximum absolute atomic E-state index is 12.5. The molecule has 0 aliphatic carbocycles. The van der Waals surface area contributed by atoms with Gasteiger partial charge < -0.3 is 69.3 Å². The summed E-state index contributed by atoms with van der Waals surface area (Å²) < 4.78 is 32.7. The lowest BCUT2D eigenvalue weighted by Gasteiger charge is -2.47. The van der Waals surface area contributed by atoms with E-state index in [0.29, 0.717) is 12.0 Å². The summed E-state index contributed by atoms with van der Waals surface area (Å²) >= 11 is 0. The Labute approximate surface area is 265 Å². The fourth-order valence-corrected chi connectivity index (χ4v) is 4.86. The minimum Gasteiger partial charge on any atom is -0.481 e. The van der Waals surface area contributed by atoms with Crippen molar-refractivity contribution in [1.29, 1.82) is 0 Å². The fourth-order valence-electron chi connectivity index (χ4n) is 4.86. The normalized spacial score (nSPS) is 34.5. The average molecular weight is 667 g/mol. The monoisotopic (exact) mass is 666 g/mol. The molecule has 0 radical (unpaired) electrons. The van der Waals surface area contributed by atoms with E-state index in [1.165, 1.54) is 13.2 Å². The first-order chi connectivity index (χ1) is 21.4. The summed E-state index contributed by atoms with van der Waals surface area (Å²) in [5.74, 6) is -2.94. The molecule has 0 bridgehead atoms. The van der Waals surface area contributed by atoms with Crippen molar-refractivity contribution in [3.8, 4) is 0 Å². The molecule has 0 aromatic heterocycles. The van der Waals surface area contributed by atoms with Crippen molar-refractivity contribution in [2.45, 2.75) is 119 Å². The van der Waals surface area contributed by atoms with Crippen molar-refractivity contribution in [3.63, 3.8) is 0 Å². The predicted octanol–water partition coefficient (Wildman–Crippen LogP) is -2.36. The van der Waals surface area contributed by atoms with Crippen LogP contribution >= 0.6 is 0 Å². The highest BCUT2D eigenvalue weighted by Gasteiger charge is 2.52. The van der Waals surface area contributed by atoms with Crippen LogP contribution in [0.15, 0.2) is 24.3 Å². The number of carbonyl (C=O) groups is 3. The third-order valence-electron chi connectivity index (χ3n) is 7.66. The van der Waals surface area contributed by atoms with Crippen LogP contribution in [0.2, 0.25) is 0 Å². The fraction of sp³-hybridized carbons (Fsp3) is 0.759. The molecule has 2 heterocycles. The molecule has 0 spiro atoms. The van der Waals surface area contributed by atoms with Crippen LogP contribution in [0.1, 0.15) is 46.5 Å². The van der Waals surface area contributed by atoms with Gasteiger partial charge in [-0.3, -0.25) is 9.59 Å². The molecule has 0 unspecified atom stereocenters. The van der Waals surface area contributed by atoms with E-state index in [0.717, 1.165) is 6.92 Å². The van der Waals surface area contributed by atoms with E-state index >= 15 is 0 Å². The summed E-state index contributed by atoms with van der Waals surface area (Å²) in [6.07, 6.45) is -15.0. The van der Waals surface area contributed by atoms with Crippen molar-refractivity contribution < 1.29 is 83.7 Å². The second-order valence-corrected chi connectivity index (χ2v) is 11.8. The van der Waals surface area contributed by atoms with Crippen molar-refractivity contribution in [2.24, 2.45) is 0 Å². The van der Waals surface area contributed by atoms with Gasteiger partial charge in [0.1, 0.15) is 55.4 Å². The molecule has 12 atom stereocenters. The molecule has 0 amide bonds. The predicted molar refractivity (Wildman–Crippen MR) is 152 cm³/mol. The number of methoxy groups -OCH3 is 1. The zero-order valence-corrected chi connectivity index (χ0v) is 26.1. The van der Waals surface area contributed by atoms with E-state index in [2.05, 4.69) is 11.3 Å². The Hall–Kier alpha value is -2.55. The first-order valence-electron chi connectivity index (χ1n) is 14.5. The third kappa shape index (κ3) is 10.7. The molecule has 2 fully saturated rings. The number of carboxylic acids is 1. The van der Waals surface area contributed by atoms with Crippen LogP contribution in [0, 0.1) is 0 Å². The smallest absolute Gasteiger partial charge is 0.333 e. The van der Waals surface area contributed by atoms with Crippen LogP contribution in [0.5, 0.6) is 0 Å². The van der Waals surface area contributed by atoms with Crippen molar-refractivity contribution >= 4 is 17.9 Å². The number of rotatable bonds is 16. The largest absolute Gasteiger partial charge is 0.481 e. The average Bonchev–Trinajstić information content (AvgIpc) is 2.98. The van der Waals surface area contributed by atoms with Crippen LogP contribution < -0.4 is 0 Å². The second-order valence-electron chi connectivity index (χ2n) is 11.8. The Morgan fingerprint density at radius 3 is 2.09 bits per heavy atom. The second kappa shape index (κ2) is 17.0. The number of carboxylic acid groups (broad SMARTS) is 1. The van der Waals surface area contributed by atoms with Crippen molar-refractivity contribution in [1.82, 2.24) is 0 Å². The van der Waals surface area contributed by atoms with E-state index in [-0.39, 0.29) is 6.42 Å². The maximum atomic E-state index is 12.5. The van der Waals surface area contributed by atoms with Crippen molar-refractivity contribution in [2.75, 3.05) is 20.3 Å². The van der Waals surface area contributed by atoms with Gasteiger partial charge in [0, 0.05) is 5.57 Å². The van der Waals surface area contributed by atoms with E-state index in [4.69, 9.17) is 28.8 Å². The van der Waals surface area contributed by atoms with Gasteiger partial charge in [0.05, 0.1) is 37.8 Å². The maximum Gasteiger partial charge on any atom is 0.333 e. The number of aliphatic hydroxyl groups excluding tert-OH is 6. The topological polar surface area (TPSA) is 268 Å². The van der Waals surface area contributed by atoms with Crippen LogP contribution in [0.3, 0.4) is 0 Å². The number of aliphatic carboxylic acids is 1. The zero-order valence-electron chi connectivity index (χ0n) is 26.1. The summed E-state index contributed by atoms with van der Waals surface area (Å²) in [4.78, 5) is 35.2. The zero-order chi connectivity index (χ0) is 35.0. The number of aliphatic hydroxyl groups is 7. The van der Waals surface area contributed by atoms with Crippen LogP contribution in [0.4, 0.5) is 0 Å². The lowest BCUT2D eigenvalue weighted by atomic mass is 9.95. The van der Waals surface area contributed by atoms with Gasteiger partial charge in [0.2, 0.25) is 0 Å². The molecular formula is C29H46O17. The molecule has 2 aliphatic heterocycles. The quantitative estimate of drug-likeness (QED) is 0.0486. The molecule has 0 aromatic carbocycles. The Morgan fingerprint density at radius 2 is 1.52 bits per heavy atom. The molecule has 2 aliphatic rings. The third-order valence-corrected chi connectivity index (χ3v) is 7.66. The lowest BCUT2D eigenvalue weighted by molar-refractivity contribution is -0.366. The van der Waals surface area contributed by atoms with Crippen LogP contribution in [-0.4, -0.2) is 152 Å². The minimum absolute atomic E-state index is 0.219. The summed E-state index contributed by atoms with van der Waals surface area (Å²) in [6.45, 7) is 6.54. The molecule has 2 rings (SSSR count). The Kier molecular flexibility index (Phi) is 14.7. The molecular weight excluding hydrogens is 620 g/mol. The summed E-state index contributed by atoms with van der Waals surface area (Å²) in [6, 6.07) is 0. The van der Waals surface area contributed by atoms with Gasteiger partial charge in [-0.25, -0.2) is 4.79 Å². The molecule has 46 heavy (non-hydrogen) atoms. The number of hydrogen-bond acceptors (Lipinski definition) is 16. The number of carbonyl (C=O) groups excluding carboxylic acids is 2. The molecule has 8 N–H and O–H groups in total. The molecule has 2 saturated heterocycles. The SMILES string of the molecule is C=C[C@@](C)(CC/C=C(\C)C(=O)OC)O[C@H]1O[C@@H](COC(=O)C[C@@](C)(O)CC(=O)O)[C@H](O[C@@H]2O[C@H](CO)[C@H](O)[C@H](O)[C@@H]2O)[C@@H](O)[C@@H]1O. The number of allylic oxidation sites excluding steroid dienone is 1. The van der Waals surface area contributed by atoms with E-state index < -0.39 is 117 Å². The Morgan fingerprint density at radius 1 is 0.913 bits per heavy atom. The van der Waals surface area contributed by atoms with E-state index in [9.17, 15) is 50.1 Å². The van der Waals surface area contributed by atoms with Gasteiger partial charge in [-0.1, -0.05) is 12.2 Å². The first kappa shape index (κ1) is 39.6. The standard InChI is InChI=1S/C29H46O17/c1-6-29(4,9-7-8-14(2)25(39)41-5)46-27-23(38)21(36)24(45-26-22(37)20(35)19(34)15(12-30)43-26)16(44-27)13-42-18(33)11-28(3,40)10-17(31)32/h6,8,15-16,19-24,26-27,30,34-38,40H,1,7,9-13H2,2-5H3,(H,31,32)/b14-8+/t15-,16+,19+,20+,21+,22+,23+,24+,26+,27-,28+,29+/m1/s1. The highest BCUT2D eigenvalue weighted by Crippen LogP contribution is 2.33. The van der Waals surface area contributed by atoms with Gasteiger partial charge in [-0.2, -0.15) is 0 Å². The highest BCUT2D eigenvalue weighted by molar-refractivity contribution is 5.87. The summed E-state index contributed by atoms with van der Waals surface area (Å²) in [7, 11) is 1.24. The Balaban J connectivity index is 2.29. The number of esters is 2. The van der Waals surface area contributed by atoms with Crippen LogP contribution in [0.25, 0.3) is 0 Å². The lowest BCUT2D eigenvalue weighted by Crippen LogP contribution is -2.65. The van der Waals surface area contributed by atoms with Gasteiger partial charge in [-0.05, 0) is 33.6 Å². The molecule has 17 nitrogen and oxygen atoms in total. The number of ether oxygens (including phenoxy) is 6. The Bertz CT molecular complexity index is 1080. The van der Waals surface area contributed by atoms with Gasteiger partial charge >= 0.3 is 17.9 Å². The first-order valence-corrected chi connectivity index (χ1v) is 14.5.